The molecule has 2 aliphatic heterocycles. The Morgan fingerprint density at radius 2 is 2.04 bits per heavy atom. The largest absolute Gasteiger partial charge is 0.391 e. The molecule has 0 bridgehead atoms. The fourth-order valence-electron chi connectivity index (χ4n) is 3.22. The lowest BCUT2D eigenvalue weighted by Gasteiger charge is -2.25. The van der Waals surface area contributed by atoms with Crippen LogP contribution in [0.25, 0.3) is 0 Å². The first-order chi connectivity index (χ1) is 12.0. The van der Waals surface area contributed by atoms with E-state index in [2.05, 4.69) is 10.6 Å². The van der Waals surface area contributed by atoms with Crippen molar-refractivity contribution < 1.29 is 18.3 Å². The van der Waals surface area contributed by atoms with Crippen molar-refractivity contribution in [3.8, 4) is 0 Å². The summed E-state index contributed by atoms with van der Waals surface area (Å²) < 4.78 is 27.1. The van der Waals surface area contributed by atoms with Crippen LogP contribution < -0.4 is 10.6 Å². The van der Waals surface area contributed by atoms with Gasteiger partial charge in [0.1, 0.15) is 4.21 Å². The average Bonchev–Trinajstić information content (AvgIpc) is 3.23. The van der Waals surface area contributed by atoms with Crippen LogP contribution in [0.4, 0.5) is 0 Å². The topological polar surface area (TPSA) is 98.7 Å². The van der Waals surface area contributed by atoms with Gasteiger partial charge in [0.05, 0.1) is 12.5 Å². The standard InChI is InChI=1S/C16H25N3O4S2/c20-14-11-17-9-12(14)10-18-15(21)8-13-4-5-16(24-13)25(22,23)19-6-2-1-3-7-19/h4-5,12,14,17,20H,1-3,6-11H2,(H,18,21). The number of thiophene rings is 1. The number of hydrogen-bond acceptors (Lipinski definition) is 6. The van der Waals surface area contributed by atoms with E-state index in [1.54, 1.807) is 16.4 Å². The number of hydrogen-bond donors (Lipinski definition) is 3. The van der Waals surface area contributed by atoms with Gasteiger partial charge in [-0.05, 0) is 25.0 Å². The molecular weight excluding hydrogens is 362 g/mol. The Kier molecular flexibility index (Phi) is 6.11. The molecule has 2 atom stereocenters. The van der Waals surface area contributed by atoms with E-state index in [4.69, 9.17) is 0 Å². The molecule has 7 nitrogen and oxygen atoms in total. The Morgan fingerprint density at radius 3 is 2.72 bits per heavy atom. The predicted octanol–water partition coefficient (Wildman–Crippen LogP) is 0.162. The van der Waals surface area contributed by atoms with Crippen LogP contribution in [0.15, 0.2) is 16.3 Å². The number of carbonyl (C=O) groups excluding carboxylic acids is 1. The maximum Gasteiger partial charge on any atom is 0.252 e. The molecule has 2 saturated heterocycles. The fraction of sp³-hybridized carbons (Fsp3) is 0.688. The number of piperidine rings is 1. The first-order valence-corrected chi connectivity index (χ1v) is 11.0. The van der Waals surface area contributed by atoms with Crippen LogP contribution >= 0.6 is 11.3 Å². The van der Waals surface area contributed by atoms with Crippen molar-refractivity contribution in [2.45, 2.75) is 36.0 Å². The molecule has 25 heavy (non-hydrogen) atoms. The summed E-state index contributed by atoms with van der Waals surface area (Å²) in [4.78, 5) is 12.8. The number of sulfonamides is 1. The van der Waals surface area contributed by atoms with Crippen LogP contribution in [0, 0.1) is 5.92 Å². The van der Waals surface area contributed by atoms with Crippen molar-refractivity contribution in [1.82, 2.24) is 14.9 Å². The van der Waals surface area contributed by atoms with Gasteiger partial charge in [-0.3, -0.25) is 4.79 Å². The zero-order valence-corrected chi connectivity index (χ0v) is 15.7. The number of aliphatic hydroxyl groups excluding tert-OH is 1. The van der Waals surface area contributed by atoms with E-state index in [0.717, 1.165) is 24.1 Å². The summed E-state index contributed by atoms with van der Waals surface area (Å²) in [5.74, 6) is -0.120. The summed E-state index contributed by atoms with van der Waals surface area (Å²) >= 11 is 1.17. The predicted molar refractivity (Wildman–Crippen MR) is 96.0 cm³/mol. The number of nitrogens with one attached hydrogen (secondary N) is 2. The molecule has 0 spiro atoms. The van der Waals surface area contributed by atoms with E-state index in [9.17, 15) is 18.3 Å². The van der Waals surface area contributed by atoms with Crippen molar-refractivity contribution in [3.63, 3.8) is 0 Å². The summed E-state index contributed by atoms with van der Waals surface area (Å²) in [7, 11) is -3.43. The molecule has 140 valence electrons. The number of carbonyl (C=O) groups is 1. The molecule has 3 N–H and O–H groups in total. The highest BCUT2D eigenvalue weighted by Crippen LogP contribution is 2.27. The van der Waals surface area contributed by atoms with Crippen LogP contribution in [0.1, 0.15) is 24.1 Å². The second kappa shape index (κ2) is 8.13. The molecular formula is C16H25N3O4S2. The zero-order valence-electron chi connectivity index (χ0n) is 14.1. The van der Waals surface area contributed by atoms with E-state index in [0.29, 0.717) is 36.9 Å². The SMILES string of the molecule is O=C(Cc1ccc(S(=O)(=O)N2CCCCC2)s1)NCC1CNCC1O. The van der Waals surface area contributed by atoms with Gasteiger partial charge < -0.3 is 15.7 Å². The van der Waals surface area contributed by atoms with Gasteiger partial charge in [0.15, 0.2) is 0 Å². The van der Waals surface area contributed by atoms with Crippen LogP contribution in [-0.2, 0) is 21.2 Å². The molecule has 0 aliphatic carbocycles. The van der Waals surface area contributed by atoms with Gasteiger partial charge in [-0.2, -0.15) is 4.31 Å². The lowest BCUT2D eigenvalue weighted by atomic mass is 10.1. The molecule has 1 aromatic heterocycles. The van der Waals surface area contributed by atoms with Crippen LogP contribution in [0.2, 0.25) is 0 Å². The van der Waals surface area contributed by atoms with Crippen molar-refractivity contribution in [2.75, 3.05) is 32.7 Å². The smallest absolute Gasteiger partial charge is 0.252 e. The molecule has 0 aromatic carbocycles. The van der Waals surface area contributed by atoms with E-state index in [-0.39, 0.29) is 18.2 Å². The summed E-state index contributed by atoms with van der Waals surface area (Å²) in [5.41, 5.74) is 0. The number of β-amino-alcohol motifs (C(OH)–C–C–N with tert-alkyl or cyclic N) is 1. The summed E-state index contributed by atoms with van der Waals surface area (Å²) in [6.07, 6.45) is 2.62. The van der Waals surface area contributed by atoms with Gasteiger partial charge >= 0.3 is 0 Å². The Labute approximate surface area is 152 Å². The molecule has 2 aliphatic rings. The molecule has 1 aromatic rings. The van der Waals surface area contributed by atoms with Crippen LogP contribution in [-0.4, -0.2) is 62.6 Å². The van der Waals surface area contributed by atoms with Crippen molar-refractivity contribution >= 4 is 27.3 Å². The molecule has 0 saturated carbocycles. The van der Waals surface area contributed by atoms with E-state index in [1.807, 2.05) is 0 Å². The minimum absolute atomic E-state index is 0.0299. The molecule has 2 fully saturated rings. The third kappa shape index (κ3) is 4.59. The Morgan fingerprint density at radius 1 is 1.28 bits per heavy atom. The normalized spacial score (nSPS) is 25.2. The monoisotopic (exact) mass is 387 g/mol. The van der Waals surface area contributed by atoms with Gasteiger partial charge in [-0.1, -0.05) is 6.42 Å². The zero-order chi connectivity index (χ0) is 17.9. The number of amides is 1. The molecule has 3 heterocycles. The number of rotatable bonds is 6. The summed E-state index contributed by atoms with van der Waals surface area (Å²) in [5, 5.41) is 15.6. The minimum atomic E-state index is -3.43. The number of nitrogens with zero attached hydrogens (tertiary/aromatic N) is 1. The quantitative estimate of drug-likeness (QED) is 0.646. The molecule has 2 unspecified atom stereocenters. The Balaban J connectivity index is 1.54. The van der Waals surface area contributed by atoms with Gasteiger partial charge in [-0.15, -0.1) is 11.3 Å². The Bertz CT molecular complexity index is 698. The minimum Gasteiger partial charge on any atom is -0.391 e. The van der Waals surface area contributed by atoms with Gasteiger partial charge in [0.25, 0.3) is 10.0 Å². The van der Waals surface area contributed by atoms with Gasteiger partial charge in [-0.25, -0.2) is 8.42 Å². The van der Waals surface area contributed by atoms with Crippen molar-refractivity contribution in [3.05, 3.63) is 17.0 Å². The van der Waals surface area contributed by atoms with Crippen LogP contribution in [0.3, 0.4) is 0 Å². The molecule has 9 heteroatoms. The molecule has 3 rings (SSSR count). The molecule has 0 radical (unpaired) electrons. The third-order valence-corrected chi connectivity index (χ3v) is 8.20. The van der Waals surface area contributed by atoms with Crippen LogP contribution in [0.5, 0.6) is 0 Å². The van der Waals surface area contributed by atoms with E-state index in [1.165, 1.54) is 11.3 Å². The summed E-state index contributed by atoms with van der Waals surface area (Å²) in [6, 6.07) is 3.31. The highest BCUT2D eigenvalue weighted by Gasteiger charge is 2.28. The lowest BCUT2D eigenvalue weighted by Crippen LogP contribution is -2.35. The first-order valence-electron chi connectivity index (χ1n) is 8.71. The van der Waals surface area contributed by atoms with Gasteiger partial charge in [0, 0.05) is 43.5 Å². The lowest BCUT2D eigenvalue weighted by molar-refractivity contribution is -0.120. The number of aliphatic hydroxyl groups is 1. The summed E-state index contributed by atoms with van der Waals surface area (Å²) in [6.45, 7) is 2.83. The molecule has 1 amide bonds. The van der Waals surface area contributed by atoms with E-state index >= 15 is 0 Å². The first kappa shape index (κ1) is 18.8. The third-order valence-electron chi connectivity index (χ3n) is 4.75. The maximum atomic E-state index is 12.6. The van der Waals surface area contributed by atoms with Crippen molar-refractivity contribution in [2.24, 2.45) is 5.92 Å². The Hall–Kier alpha value is -1.00. The second-order valence-electron chi connectivity index (χ2n) is 6.65. The maximum absolute atomic E-state index is 12.6. The fourth-order valence-corrected chi connectivity index (χ4v) is 6.24. The highest BCUT2D eigenvalue weighted by molar-refractivity contribution is 7.91. The second-order valence-corrected chi connectivity index (χ2v) is 9.99. The average molecular weight is 388 g/mol. The van der Waals surface area contributed by atoms with E-state index < -0.39 is 16.1 Å². The van der Waals surface area contributed by atoms with Crippen molar-refractivity contribution in [1.29, 1.82) is 0 Å². The highest BCUT2D eigenvalue weighted by atomic mass is 32.2. The van der Waals surface area contributed by atoms with Gasteiger partial charge in [0.2, 0.25) is 5.91 Å².